The molecule has 0 fully saturated rings. The Balaban J connectivity index is 1.98. The number of amides is 1. The normalized spacial score (nSPS) is 10.6. The van der Waals surface area contributed by atoms with Crippen LogP contribution in [0.5, 0.6) is 0 Å². The van der Waals surface area contributed by atoms with Gasteiger partial charge in [-0.25, -0.2) is 4.98 Å². The first kappa shape index (κ1) is 14.3. The molecule has 106 valence electrons. The number of nitrogens with one attached hydrogen (secondary N) is 1. The van der Waals surface area contributed by atoms with Gasteiger partial charge in [-0.15, -0.1) is 0 Å². The van der Waals surface area contributed by atoms with Crippen LogP contribution in [0.15, 0.2) is 22.8 Å². The van der Waals surface area contributed by atoms with Crippen molar-refractivity contribution in [1.82, 2.24) is 4.98 Å². The van der Waals surface area contributed by atoms with Crippen LogP contribution in [0.25, 0.3) is 0 Å². The molecule has 0 bridgehead atoms. The largest absolute Gasteiger partial charge is 0.449 e. The molecule has 0 aliphatic heterocycles. The number of hydrogen-bond donors (Lipinski definition) is 1. The Kier molecular flexibility index (Phi) is 4.23. The predicted molar refractivity (Wildman–Crippen MR) is 78.8 cm³/mol. The van der Waals surface area contributed by atoms with Crippen LogP contribution in [0, 0.1) is 27.7 Å². The fourth-order valence-corrected chi connectivity index (χ4v) is 2.34. The molecule has 20 heavy (non-hydrogen) atoms. The third kappa shape index (κ3) is 3.47. The van der Waals surface area contributed by atoms with Crippen molar-refractivity contribution in [3.8, 4) is 0 Å². The number of carbonyl (C=O) groups is 1. The minimum absolute atomic E-state index is 0.000654. The summed E-state index contributed by atoms with van der Waals surface area (Å²) in [5, 5.41) is 2.99. The van der Waals surface area contributed by atoms with Crippen molar-refractivity contribution in [3.05, 3.63) is 46.7 Å². The van der Waals surface area contributed by atoms with Gasteiger partial charge in [0.25, 0.3) is 0 Å². The average Bonchev–Trinajstić information content (AvgIpc) is 2.77. The van der Waals surface area contributed by atoms with Gasteiger partial charge in [0.05, 0.1) is 5.69 Å². The number of rotatable bonds is 4. The highest BCUT2D eigenvalue weighted by atomic mass is 16.3. The van der Waals surface area contributed by atoms with E-state index in [4.69, 9.17) is 4.42 Å². The highest BCUT2D eigenvalue weighted by Crippen LogP contribution is 2.22. The first-order valence-electron chi connectivity index (χ1n) is 6.74. The molecule has 1 amide bonds. The molecule has 4 nitrogen and oxygen atoms in total. The fourth-order valence-electron chi connectivity index (χ4n) is 2.34. The lowest BCUT2D eigenvalue weighted by molar-refractivity contribution is -0.116. The van der Waals surface area contributed by atoms with Crippen LogP contribution in [-0.4, -0.2) is 10.9 Å². The van der Waals surface area contributed by atoms with Gasteiger partial charge in [0.2, 0.25) is 5.91 Å². The van der Waals surface area contributed by atoms with Crippen LogP contribution in [0.1, 0.15) is 34.7 Å². The third-order valence-corrected chi connectivity index (χ3v) is 3.22. The number of nitrogens with zero attached hydrogens (tertiary/aromatic N) is 1. The maximum Gasteiger partial charge on any atom is 0.224 e. The lowest BCUT2D eigenvalue weighted by atomic mass is 10.0. The number of hydrogen-bond acceptors (Lipinski definition) is 3. The molecule has 1 aromatic carbocycles. The second-order valence-corrected chi connectivity index (χ2v) is 5.18. The van der Waals surface area contributed by atoms with Crippen molar-refractivity contribution >= 4 is 11.6 Å². The van der Waals surface area contributed by atoms with Gasteiger partial charge >= 0.3 is 0 Å². The summed E-state index contributed by atoms with van der Waals surface area (Å²) in [5.41, 5.74) is 5.12. The van der Waals surface area contributed by atoms with Gasteiger partial charge in [0.15, 0.2) is 5.89 Å². The van der Waals surface area contributed by atoms with Crippen LogP contribution < -0.4 is 5.32 Å². The minimum Gasteiger partial charge on any atom is -0.449 e. The molecule has 0 aliphatic carbocycles. The summed E-state index contributed by atoms with van der Waals surface area (Å²) in [6, 6.07) is 4.15. The molecule has 0 spiro atoms. The van der Waals surface area contributed by atoms with Crippen LogP contribution in [0.3, 0.4) is 0 Å². The smallest absolute Gasteiger partial charge is 0.224 e. The number of aryl methyl sites for hydroxylation is 5. The van der Waals surface area contributed by atoms with E-state index in [0.717, 1.165) is 22.5 Å². The summed E-state index contributed by atoms with van der Waals surface area (Å²) in [6.45, 7) is 7.87. The molecule has 1 N–H and O–H groups in total. The summed E-state index contributed by atoms with van der Waals surface area (Å²) >= 11 is 0. The average molecular weight is 272 g/mol. The lowest BCUT2D eigenvalue weighted by Gasteiger charge is -2.12. The van der Waals surface area contributed by atoms with Crippen molar-refractivity contribution in [3.63, 3.8) is 0 Å². The molecule has 0 saturated carbocycles. The maximum absolute atomic E-state index is 12.0. The van der Waals surface area contributed by atoms with E-state index in [1.165, 1.54) is 5.56 Å². The molecule has 0 saturated heterocycles. The number of benzene rings is 1. The Hall–Kier alpha value is -2.10. The Bertz CT molecular complexity index is 606. The molecule has 2 aromatic rings. The molecule has 0 radical (unpaired) electrons. The van der Waals surface area contributed by atoms with Gasteiger partial charge in [0.1, 0.15) is 6.26 Å². The molecule has 0 unspecified atom stereocenters. The van der Waals surface area contributed by atoms with Gasteiger partial charge in [-0.05, 0) is 31.9 Å². The Morgan fingerprint density at radius 1 is 1.20 bits per heavy atom. The highest BCUT2D eigenvalue weighted by molar-refractivity contribution is 5.92. The first-order valence-corrected chi connectivity index (χ1v) is 6.74. The summed E-state index contributed by atoms with van der Waals surface area (Å²) in [4.78, 5) is 16.2. The molecule has 1 heterocycles. The van der Waals surface area contributed by atoms with Crippen LogP contribution in [0.2, 0.25) is 0 Å². The number of carbonyl (C=O) groups excluding carboxylic acids is 1. The van der Waals surface area contributed by atoms with Crippen molar-refractivity contribution in [2.45, 2.75) is 40.5 Å². The zero-order chi connectivity index (χ0) is 14.7. The van der Waals surface area contributed by atoms with Gasteiger partial charge in [-0.2, -0.15) is 0 Å². The van der Waals surface area contributed by atoms with E-state index in [1.807, 2.05) is 13.8 Å². The van der Waals surface area contributed by atoms with E-state index in [0.29, 0.717) is 18.7 Å². The summed E-state index contributed by atoms with van der Waals surface area (Å²) in [5.74, 6) is 0.631. The molecule has 0 atom stereocenters. The van der Waals surface area contributed by atoms with Crippen molar-refractivity contribution in [1.29, 1.82) is 0 Å². The fraction of sp³-hybridized carbons (Fsp3) is 0.375. The second kappa shape index (κ2) is 5.90. The van der Waals surface area contributed by atoms with Gasteiger partial charge in [-0.3, -0.25) is 4.79 Å². The number of oxazole rings is 1. The van der Waals surface area contributed by atoms with Gasteiger partial charge in [0, 0.05) is 25.5 Å². The molecule has 4 heteroatoms. The monoisotopic (exact) mass is 272 g/mol. The molecule has 0 aliphatic rings. The maximum atomic E-state index is 12.0. The van der Waals surface area contributed by atoms with E-state index in [-0.39, 0.29) is 5.91 Å². The Labute approximate surface area is 119 Å². The summed E-state index contributed by atoms with van der Waals surface area (Å²) < 4.78 is 5.12. The minimum atomic E-state index is 0.000654. The van der Waals surface area contributed by atoms with Crippen LogP contribution in [0.4, 0.5) is 5.69 Å². The van der Waals surface area contributed by atoms with Crippen LogP contribution in [-0.2, 0) is 11.2 Å². The topological polar surface area (TPSA) is 55.1 Å². The van der Waals surface area contributed by atoms with Gasteiger partial charge < -0.3 is 9.73 Å². The predicted octanol–water partition coefficient (Wildman–Crippen LogP) is 3.48. The SMILES string of the molecule is Cc1cc(C)c(NC(=O)CCc2coc(C)n2)c(C)c1. The molecular formula is C16H20N2O2. The van der Waals surface area contributed by atoms with Crippen molar-refractivity contribution < 1.29 is 9.21 Å². The summed E-state index contributed by atoms with van der Waals surface area (Å²) in [7, 11) is 0. The van der Waals surface area contributed by atoms with Gasteiger partial charge in [-0.1, -0.05) is 17.7 Å². The quantitative estimate of drug-likeness (QED) is 0.927. The van der Waals surface area contributed by atoms with E-state index in [9.17, 15) is 4.79 Å². The zero-order valence-electron chi connectivity index (χ0n) is 12.4. The molecular weight excluding hydrogens is 252 g/mol. The van der Waals surface area contributed by atoms with E-state index in [2.05, 4.69) is 29.4 Å². The van der Waals surface area contributed by atoms with Crippen molar-refractivity contribution in [2.75, 3.05) is 5.32 Å². The van der Waals surface area contributed by atoms with E-state index >= 15 is 0 Å². The Morgan fingerprint density at radius 2 is 1.85 bits per heavy atom. The van der Waals surface area contributed by atoms with E-state index in [1.54, 1.807) is 13.2 Å². The second-order valence-electron chi connectivity index (χ2n) is 5.18. The highest BCUT2D eigenvalue weighted by Gasteiger charge is 2.09. The van der Waals surface area contributed by atoms with Crippen LogP contribution >= 0.6 is 0 Å². The first-order chi connectivity index (χ1) is 9.45. The van der Waals surface area contributed by atoms with E-state index < -0.39 is 0 Å². The third-order valence-electron chi connectivity index (χ3n) is 3.22. The molecule has 1 aromatic heterocycles. The Morgan fingerprint density at radius 3 is 2.40 bits per heavy atom. The lowest BCUT2D eigenvalue weighted by Crippen LogP contribution is -2.14. The number of anilines is 1. The standard InChI is InChI=1S/C16H20N2O2/c1-10-7-11(2)16(12(3)8-10)18-15(19)6-5-14-9-20-13(4)17-14/h7-9H,5-6H2,1-4H3,(H,18,19). The molecule has 2 rings (SSSR count). The number of aromatic nitrogens is 1. The van der Waals surface area contributed by atoms with Crippen molar-refractivity contribution in [2.24, 2.45) is 0 Å². The summed E-state index contributed by atoms with van der Waals surface area (Å²) in [6.07, 6.45) is 2.59. The zero-order valence-corrected chi connectivity index (χ0v) is 12.4.